The SMILES string of the molecule is CC(C)c1[nH]nc2c1[C@@H](c1ccccc1OCc1ccc(Cl)cc1)C(C#N)=C(N)O2. The van der Waals surface area contributed by atoms with Crippen LogP contribution >= 0.6 is 11.6 Å². The van der Waals surface area contributed by atoms with Gasteiger partial charge < -0.3 is 15.2 Å². The maximum atomic E-state index is 9.86. The van der Waals surface area contributed by atoms with Gasteiger partial charge in [0.2, 0.25) is 11.8 Å². The van der Waals surface area contributed by atoms with Crippen LogP contribution in [-0.2, 0) is 6.61 Å². The molecule has 4 rings (SSSR count). The third kappa shape index (κ3) is 3.60. The summed E-state index contributed by atoms with van der Waals surface area (Å²) in [5, 5.41) is 17.9. The van der Waals surface area contributed by atoms with E-state index in [0.29, 0.717) is 28.8 Å². The largest absolute Gasteiger partial charge is 0.489 e. The number of hydrogen-bond acceptors (Lipinski definition) is 5. The number of nitrogens with zero attached hydrogens (tertiary/aromatic N) is 2. The number of allylic oxidation sites excluding steroid dienone is 1. The fourth-order valence-corrected chi connectivity index (χ4v) is 3.74. The Hall–Kier alpha value is -3.43. The molecule has 2 heterocycles. The minimum Gasteiger partial charge on any atom is -0.489 e. The van der Waals surface area contributed by atoms with Crippen molar-refractivity contribution in [2.45, 2.75) is 32.3 Å². The Morgan fingerprint density at radius 2 is 1.97 bits per heavy atom. The molecule has 1 atom stereocenters. The molecule has 1 aliphatic heterocycles. The second-order valence-corrected chi connectivity index (χ2v) is 7.83. The lowest BCUT2D eigenvalue weighted by molar-refractivity contribution is 0.301. The number of nitriles is 1. The predicted octanol–water partition coefficient (Wildman–Crippen LogP) is 4.98. The van der Waals surface area contributed by atoms with Crippen LogP contribution in [0.2, 0.25) is 5.02 Å². The molecule has 0 aliphatic carbocycles. The van der Waals surface area contributed by atoms with Gasteiger partial charge in [-0.1, -0.05) is 55.8 Å². The number of para-hydroxylation sites is 1. The summed E-state index contributed by atoms with van der Waals surface area (Å²) in [7, 11) is 0. The molecule has 6 nitrogen and oxygen atoms in total. The van der Waals surface area contributed by atoms with E-state index < -0.39 is 5.92 Å². The highest BCUT2D eigenvalue weighted by Crippen LogP contribution is 2.46. The van der Waals surface area contributed by atoms with Crippen LogP contribution < -0.4 is 15.2 Å². The van der Waals surface area contributed by atoms with Crippen LogP contribution in [0.15, 0.2) is 60.0 Å². The number of nitrogens with one attached hydrogen (secondary N) is 1. The Morgan fingerprint density at radius 1 is 1.23 bits per heavy atom. The molecule has 1 aromatic heterocycles. The second-order valence-electron chi connectivity index (χ2n) is 7.39. The summed E-state index contributed by atoms with van der Waals surface area (Å²) in [6, 6.07) is 17.4. The Labute approximate surface area is 179 Å². The van der Waals surface area contributed by atoms with Gasteiger partial charge in [-0.25, -0.2) is 0 Å². The zero-order chi connectivity index (χ0) is 21.3. The van der Waals surface area contributed by atoms with Crippen LogP contribution in [0.3, 0.4) is 0 Å². The van der Waals surface area contributed by atoms with Gasteiger partial charge in [-0.2, -0.15) is 5.26 Å². The highest BCUT2D eigenvalue weighted by atomic mass is 35.5. The molecular weight excluding hydrogens is 400 g/mol. The average molecular weight is 421 g/mol. The summed E-state index contributed by atoms with van der Waals surface area (Å²) in [5.41, 5.74) is 9.96. The molecule has 30 heavy (non-hydrogen) atoms. The topological polar surface area (TPSA) is 97.0 Å². The summed E-state index contributed by atoms with van der Waals surface area (Å²) >= 11 is 5.97. The molecule has 0 bridgehead atoms. The Kier molecular flexibility index (Phi) is 5.39. The Bertz CT molecular complexity index is 1140. The van der Waals surface area contributed by atoms with E-state index in [2.05, 4.69) is 30.1 Å². The number of rotatable bonds is 5. The zero-order valence-corrected chi connectivity index (χ0v) is 17.4. The van der Waals surface area contributed by atoms with Gasteiger partial charge in [0.15, 0.2) is 0 Å². The van der Waals surface area contributed by atoms with Gasteiger partial charge in [0.05, 0.1) is 11.5 Å². The molecular formula is C23H21ClN4O2. The molecule has 1 aliphatic rings. The van der Waals surface area contributed by atoms with E-state index in [0.717, 1.165) is 22.4 Å². The minimum atomic E-state index is -0.434. The summed E-state index contributed by atoms with van der Waals surface area (Å²) < 4.78 is 11.8. The van der Waals surface area contributed by atoms with Gasteiger partial charge in [0, 0.05) is 16.3 Å². The second kappa shape index (κ2) is 8.13. The quantitative estimate of drug-likeness (QED) is 0.606. The first kappa shape index (κ1) is 19.9. The molecule has 7 heteroatoms. The number of benzene rings is 2. The summed E-state index contributed by atoms with van der Waals surface area (Å²) in [6.07, 6.45) is 0. The number of fused-ring (bicyclic) bond motifs is 1. The standard InChI is InChI=1S/C23H21ClN4O2/c1-13(2)21-20-19(17(11-25)22(26)30-23(20)28-27-21)16-5-3-4-6-18(16)29-12-14-7-9-15(24)10-8-14/h3-10,13,19H,12,26H2,1-2H3,(H,27,28)/t19-/m0/s1. The van der Waals surface area contributed by atoms with Gasteiger partial charge in [-0.3, -0.25) is 5.10 Å². The zero-order valence-electron chi connectivity index (χ0n) is 16.6. The molecule has 0 radical (unpaired) electrons. The van der Waals surface area contributed by atoms with Crippen molar-refractivity contribution in [1.82, 2.24) is 10.2 Å². The number of H-pyrrole nitrogens is 1. The van der Waals surface area contributed by atoms with E-state index in [4.69, 9.17) is 26.8 Å². The van der Waals surface area contributed by atoms with Crippen molar-refractivity contribution in [1.29, 1.82) is 5.26 Å². The van der Waals surface area contributed by atoms with Crippen molar-refractivity contribution in [3.05, 3.63) is 87.4 Å². The molecule has 3 aromatic rings. The first-order valence-corrected chi connectivity index (χ1v) is 9.99. The van der Waals surface area contributed by atoms with Crippen molar-refractivity contribution in [2.75, 3.05) is 0 Å². The predicted molar refractivity (Wildman–Crippen MR) is 114 cm³/mol. The van der Waals surface area contributed by atoms with E-state index >= 15 is 0 Å². The van der Waals surface area contributed by atoms with E-state index in [-0.39, 0.29) is 11.8 Å². The fourth-order valence-electron chi connectivity index (χ4n) is 3.61. The fraction of sp³-hybridized carbons (Fsp3) is 0.217. The third-order valence-electron chi connectivity index (χ3n) is 5.08. The van der Waals surface area contributed by atoms with Gasteiger partial charge in [0.1, 0.15) is 24.0 Å². The van der Waals surface area contributed by atoms with Gasteiger partial charge in [-0.15, -0.1) is 5.10 Å². The smallest absolute Gasteiger partial charge is 0.244 e. The molecule has 0 saturated heterocycles. The molecule has 0 saturated carbocycles. The van der Waals surface area contributed by atoms with Crippen molar-refractivity contribution in [3.63, 3.8) is 0 Å². The summed E-state index contributed by atoms with van der Waals surface area (Å²) in [6.45, 7) is 4.48. The Balaban J connectivity index is 1.77. The van der Waals surface area contributed by atoms with E-state index in [1.54, 1.807) is 0 Å². The first-order chi connectivity index (χ1) is 14.5. The summed E-state index contributed by atoms with van der Waals surface area (Å²) in [4.78, 5) is 0. The van der Waals surface area contributed by atoms with E-state index in [1.807, 2.05) is 48.5 Å². The highest BCUT2D eigenvalue weighted by molar-refractivity contribution is 6.30. The monoisotopic (exact) mass is 420 g/mol. The number of halogens is 1. The minimum absolute atomic E-state index is 0.0595. The van der Waals surface area contributed by atoms with Crippen LogP contribution in [0.5, 0.6) is 11.6 Å². The van der Waals surface area contributed by atoms with Gasteiger partial charge in [-0.05, 0) is 29.7 Å². The highest BCUT2D eigenvalue weighted by Gasteiger charge is 2.37. The maximum Gasteiger partial charge on any atom is 0.244 e. The van der Waals surface area contributed by atoms with Crippen molar-refractivity contribution < 1.29 is 9.47 Å². The number of ether oxygens (including phenoxy) is 2. The van der Waals surface area contributed by atoms with Crippen LogP contribution in [0.25, 0.3) is 0 Å². The van der Waals surface area contributed by atoms with Gasteiger partial charge in [0.25, 0.3) is 0 Å². The lowest BCUT2D eigenvalue weighted by atomic mass is 9.82. The molecule has 0 fully saturated rings. The van der Waals surface area contributed by atoms with E-state index in [9.17, 15) is 5.26 Å². The Morgan fingerprint density at radius 3 is 2.67 bits per heavy atom. The molecule has 0 spiro atoms. The normalized spacial score (nSPS) is 15.5. The number of aromatic nitrogens is 2. The van der Waals surface area contributed by atoms with Crippen LogP contribution in [0.4, 0.5) is 0 Å². The molecule has 0 unspecified atom stereocenters. The lowest BCUT2D eigenvalue weighted by Gasteiger charge is -2.26. The third-order valence-corrected chi connectivity index (χ3v) is 5.34. The molecule has 0 amide bonds. The molecule has 3 N–H and O–H groups in total. The van der Waals surface area contributed by atoms with E-state index in [1.165, 1.54) is 0 Å². The lowest BCUT2D eigenvalue weighted by Crippen LogP contribution is -2.22. The maximum absolute atomic E-state index is 9.86. The summed E-state index contributed by atoms with van der Waals surface area (Å²) in [5.74, 6) is 0.851. The van der Waals surface area contributed by atoms with Crippen molar-refractivity contribution >= 4 is 11.6 Å². The van der Waals surface area contributed by atoms with Crippen molar-refractivity contribution in [3.8, 4) is 17.7 Å². The first-order valence-electron chi connectivity index (χ1n) is 9.61. The molecule has 2 aromatic carbocycles. The number of nitrogens with two attached hydrogens (primary N) is 1. The van der Waals surface area contributed by atoms with Crippen molar-refractivity contribution in [2.24, 2.45) is 5.73 Å². The molecule has 152 valence electrons. The van der Waals surface area contributed by atoms with Crippen LogP contribution in [-0.4, -0.2) is 10.2 Å². The number of aromatic amines is 1. The average Bonchev–Trinajstić information content (AvgIpc) is 3.16. The van der Waals surface area contributed by atoms with Crippen LogP contribution in [0, 0.1) is 11.3 Å². The van der Waals surface area contributed by atoms with Gasteiger partial charge >= 0.3 is 0 Å². The van der Waals surface area contributed by atoms with Crippen LogP contribution in [0.1, 0.15) is 48.1 Å². The number of hydrogen-bond donors (Lipinski definition) is 2.